The zero-order valence-electron chi connectivity index (χ0n) is 22.9. The highest BCUT2D eigenvalue weighted by Crippen LogP contribution is 2.26. The van der Waals surface area contributed by atoms with Gasteiger partial charge in [0.2, 0.25) is 11.8 Å². The number of halogens is 2. The van der Waals surface area contributed by atoms with E-state index in [0.717, 1.165) is 24.0 Å². The third-order valence-corrected chi connectivity index (χ3v) is 7.83. The van der Waals surface area contributed by atoms with E-state index in [1.807, 2.05) is 37.3 Å². The Hall–Kier alpha value is -3.68. The number of unbranched alkanes of at least 4 members (excludes halogenated alkanes) is 1. The summed E-state index contributed by atoms with van der Waals surface area (Å²) in [6.07, 6.45) is 2.38. The van der Waals surface area contributed by atoms with Crippen LogP contribution in [-0.4, -0.2) is 52.6 Å². The van der Waals surface area contributed by atoms with E-state index < -0.39 is 6.04 Å². The molecule has 1 heterocycles. The lowest BCUT2D eigenvalue weighted by atomic mass is 10.0. The molecule has 214 valence electrons. The summed E-state index contributed by atoms with van der Waals surface area (Å²) in [5.74, 6) is -1.22. The minimum atomic E-state index is -0.782. The predicted octanol–water partition coefficient (Wildman–Crippen LogP) is 5.93. The number of carbonyl (C=O) groups is 4. The van der Waals surface area contributed by atoms with Crippen LogP contribution in [0.1, 0.15) is 64.4 Å². The van der Waals surface area contributed by atoms with E-state index in [4.69, 9.17) is 23.2 Å². The molecule has 4 rings (SSSR count). The van der Waals surface area contributed by atoms with E-state index in [-0.39, 0.29) is 49.6 Å². The Morgan fingerprint density at radius 1 is 0.854 bits per heavy atom. The number of nitrogens with zero attached hydrogens (tertiary/aromatic N) is 2. The van der Waals surface area contributed by atoms with Crippen LogP contribution >= 0.6 is 23.2 Å². The molecule has 9 heteroatoms. The fraction of sp³-hybridized carbons (Fsp3) is 0.312. The molecule has 1 N–H and O–H groups in total. The number of benzene rings is 3. The van der Waals surface area contributed by atoms with Gasteiger partial charge in [0.05, 0.1) is 21.2 Å². The van der Waals surface area contributed by atoms with Crippen molar-refractivity contribution in [1.29, 1.82) is 0 Å². The average molecular weight is 595 g/mol. The third-order valence-electron chi connectivity index (χ3n) is 7.09. The summed E-state index contributed by atoms with van der Waals surface area (Å²) in [6.45, 7) is 2.80. The van der Waals surface area contributed by atoms with E-state index >= 15 is 0 Å². The number of carbonyl (C=O) groups excluding carboxylic acids is 4. The molecule has 0 saturated heterocycles. The molecule has 1 atom stereocenters. The van der Waals surface area contributed by atoms with Crippen molar-refractivity contribution in [3.05, 3.63) is 105 Å². The summed E-state index contributed by atoms with van der Waals surface area (Å²) in [4.78, 5) is 55.6. The lowest BCUT2D eigenvalue weighted by Crippen LogP contribution is -2.50. The number of hydrogen-bond donors (Lipinski definition) is 1. The maximum absolute atomic E-state index is 13.8. The highest BCUT2D eigenvalue weighted by molar-refractivity contribution is 6.42. The summed E-state index contributed by atoms with van der Waals surface area (Å²) >= 11 is 12.4. The van der Waals surface area contributed by atoms with Gasteiger partial charge in [0.25, 0.3) is 11.8 Å². The number of amides is 4. The van der Waals surface area contributed by atoms with Crippen LogP contribution < -0.4 is 5.32 Å². The molecule has 7 nitrogen and oxygen atoms in total. The molecule has 3 aromatic rings. The van der Waals surface area contributed by atoms with Crippen LogP contribution in [0, 0.1) is 0 Å². The molecular weight excluding hydrogens is 561 g/mol. The smallest absolute Gasteiger partial charge is 0.261 e. The van der Waals surface area contributed by atoms with E-state index in [9.17, 15) is 19.2 Å². The molecule has 1 aliphatic heterocycles. The summed E-state index contributed by atoms with van der Waals surface area (Å²) in [6, 6.07) is 20.6. The minimum Gasteiger partial charge on any atom is -0.354 e. The Labute approximate surface area is 250 Å². The van der Waals surface area contributed by atoms with Crippen molar-refractivity contribution in [1.82, 2.24) is 15.1 Å². The molecule has 0 bridgehead atoms. The molecule has 0 spiro atoms. The van der Waals surface area contributed by atoms with Crippen LogP contribution in [0.5, 0.6) is 0 Å². The molecule has 0 aromatic heterocycles. The monoisotopic (exact) mass is 593 g/mol. The first-order valence-corrected chi connectivity index (χ1v) is 14.6. The van der Waals surface area contributed by atoms with E-state index in [1.165, 1.54) is 4.90 Å². The van der Waals surface area contributed by atoms with Gasteiger partial charge in [0.1, 0.15) is 6.04 Å². The molecule has 4 amide bonds. The number of fused-ring (bicyclic) bond motifs is 1. The van der Waals surface area contributed by atoms with Gasteiger partial charge < -0.3 is 10.2 Å². The van der Waals surface area contributed by atoms with Crippen LogP contribution in [0.15, 0.2) is 72.8 Å². The van der Waals surface area contributed by atoms with Gasteiger partial charge in [-0.25, -0.2) is 0 Å². The van der Waals surface area contributed by atoms with Gasteiger partial charge in [-0.15, -0.1) is 0 Å². The first-order valence-electron chi connectivity index (χ1n) is 13.8. The van der Waals surface area contributed by atoms with E-state index in [2.05, 4.69) is 5.32 Å². The highest BCUT2D eigenvalue weighted by atomic mass is 35.5. The second kappa shape index (κ2) is 14.3. The Bertz CT molecular complexity index is 1380. The number of rotatable bonds is 13. The zero-order chi connectivity index (χ0) is 29.4. The number of hydrogen-bond acceptors (Lipinski definition) is 4. The zero-order valence-corrected chi connectivity index (χ0v) is 24.5. The first kappa shape index (κ1) is 30.3. The Balaban J connectivity index is 1.55. The predicted molar refractivity (Wildman–Crippen MR) is 160 cm³/mol. The Morgan fingerprint density at radius 2 is 1.51 bits per heavy atom. The molecule has 1 aliphatic rings. The van der Waals surface area contributed by atoms with Gasteiger partial charge >= 0.3 is 0 Å². The van der Waals surface area contributed by atoms with Crippen molar-refractivity contribution in [2.75, 3.05) is 13.1 Å². The fourth-order valence-corrected chi connectivity index (χ4v) is 5.19. The van der Waals surface area contributed by atoms with Crippen LogP contribution in [0.4, 0.5) is 0 Å². The van der Waals surface area contributed by atoms with Crippen molar-refractivity contribution < 1.29 is 19.2 Å². The molecule has 41 heavy (non-hydrogen) atoms. The van der Waals surface area contributed by atoms with E-state index in [0.29, 0.717) is 34.1 Å². The second-order valence-electron chi connectivity index (χ2n) is 10.0. The van der Waals surface area contributed by atoms with Crippen molar-refractivity contribution in [2.45, 2.75) is 51.6 Å². The normalized spacial score (nSPS) is 13.2. The Kier molecular flexibility index (Phi) is 10.6. The quantitative estimate of drug-likeness (QED) is 0.197. The molecular formula is C32H33Cl2N3O4. The van der Waals surface area contributed by atoms with Gasteiger partial charge in [-0.3, -0.25) is 24.1 Å². The van der Waals surface area contributed by atoms with Gasteiger partial charge in [0, 0.05) is 32.5 Å². The molecule has 3 aromatic carbocycles. The Morgan fingerprint density at radius 3 is 2.15 bits per heavy atom. The minimum absolute atomic E-state index is 0.0439. The summed E-state index contributed by atoms with van der Waals surface area (Å²) in [5, 5.41) is 3.74. The van der Waals surface area contributed by atoms with Crippen molar-refractivity contribution in [3.8, 4) is 0 Å². The summed E-state index contributed by atoms with van der Waals surface area (Å²) < 4.78 is 0. The van der Waals surface area contributed by atoms with Crippen LogP contribution in [-0.2, 0) is 22.6 Å². The molecule has 0 radical (unpaired) electrons. The molecule has 0 unspecified atom stereocenters. The van der Waals surface area contributed by atoms with Crippen LogP contribution in [0.25, 0.3) is 0 Å². The maximum Gasteiger partial charge on any atom is 0.261 e. The van der Waals surface area contributed by atoms with E-state index in [1.54, 1.807) is 47.4 Å². The van der Waals surface area contributed by atoms with Crippen molar-refractivity contribution in [3.63, 3.8) is 0 Å². The average Bonchev–Trinajstić information content (AvgIpc) is 3.22. The lowest BCUT2D eigenvalue weighted by molar-refractivity contribution is -0.141. The highest BCUT2D eigenvalue weighted by Gasteiger charge is 2.35. The van der Waals surface area contributed by atoms with Gasteiger partial charge in [-0.2, -0.15) is 0 Å². The molecule has 0 saturated carbocycles. The van der Waals surface area contributed by atoms with Crippen LogP contribution in [0.2, 0.25) is 10.0 Å². The van der Waals surface area contributed by atoms with Crippen molar-refractivity contribution in [2.24, 2.45) is 0 Å². The first-order chi connectivity index (χ1) is 19.8. The lowest BCUT2D eigenvalue weighted by Gasteiger charge is -2.32. The third kappa shape index (κ3) is 7.54. The number of nitrogens with one attached hydrogen (secondary N) is 1. The summed E-state index contributed by atoms with van der Waals surface area (Å²) in [7, 11) is 0. The molecule has 0 aliphatic carbocycles. The fourth-order valence-electron chi connectivity index (χ4n) is 4.87. The van der Waals surface area contributed by atoms with Gasteiger partial charge in [0.15, 0.2) is 0 Å². The topological polar surface area (TPSA) is 86.8 Å². The number of imide groups is 1. The molecule has 0 fully saturated rings. The second-order valence-corrected chi connectivity index (χ2v) is 10.8. The van der Waals surface area contributed by atoms with Crippen molar-refractivity contribution >= 4 is 46.8 Å². The maximum atomic E-state index is 13.8. The van der Waals surface area contributed by atoms with Gasteiger partial charge in [-0.05, 0) is 48.2 Å². The SMILES string of the molecule is CCCCNC(=O)[C@H](Cc1ccccc1)N(Cc1ccc(Cl)c(Cl)c1)C(=O)CCCN1C(=O)c2ccccc2C1=O. The standard InChI is InChI=1S/C32H33Cl2N3O4/c1-2-3-17-35-30(39)28(20-22-10-5-4-6-11-22)37(21-23-15-16-26(33)27(34)19-23)29(38)14-9-18-36-31(40)24-12-7-8-13-25(24)32(36)41/h4-8,10-13,15-16,19,28H,2-3,9,14,17-18,20-21H2,1H3,(H,35,39)/t28-/m0/s1. The van der Waals surface area contributed by atoms with Gasteiger partial charge in [-0.1, -0.05) is 85.1 Å². The van der Waals surface area contributed by atoms with Crippen LogP contribution in [0.3, 0.4) is 0 Å². The largest absolute Gasteiger partial charge is 0.354 e. The summed E-state index contributed by atoms with van der Waals surface area (Å²) in [5.41, 5.74) is 2.39.